The first-order valence-electron chi connectivity index (χ1n) is 11.3. The van der Waals surface area contributed by atoms with Crippen molar-refractivity contribution in [2.75, 3.05) is 23.4 Å². The molecule has 1 aliphatic rings. The summed E-state index contributed by atoms with van der Waals surface area (Å²) in [5.74, 6) is 1.03. The predicted molar refractivity (Wildman–Crippen MR) is 125 cm³/mol. The third kappa shape index (κ3) is 4.90. The maximum absolute atomic E-state index is 12.9. The third-order valence-electron chi connectivity index (χ3n) is 6.11. The maximum Gasteiger partial charge on any atom is 0.416 e. The molecular weight excluding hydrogens is 459 g/mol. The Kier molecular flexibility index (Phi) is 6.25. The van der Waals surface area contributed by atoms with Gasteiger partial charge in [0.2, 0.25) is 5.95 Å². The quantitative estimate of drug-likeness (QED) is 0.412. The normalized spacial score (nSPS) is 16.2. The lowest BCUT2D eigenvalue weighted by atomic mass is 10.1. The van der Waals surface area contributed by atoms with Crippen LogP contribution in [0.4, 0.5) is 24.9 Å². The molecule has 3 aromatic heterocycles. The molecule has 1 aliphatic heterocycles. The average Bonchev–Trinajstić information content (AvgIpc) is 3.50. The number of alkyl halides is 3. The fraction of sp³-hybridized carbons (Fsp3) is 0.333. The van der Waals surface area contributed by atoms with E-state index in [4.69, 9.17) is 9.97 Å². The van der Waals surface area contributed by atoms with Gasteiger partial charge in [-0.25, -0.2) is 4.98 Å². The fourth-order valence-corrected chi connectivity index (χ4v) is 4.27. The molecule has 182 valence electrons. The largest absolute Gasteiger partial charge is 0.416 e. The van der Waals surface area contributed by atoms with Gasteiger partial charge >= 0.3 is 6.18 Å². The van der Waals surface area contributed by atoms with Crippen LogP contribution in [0.2, 0.25) is 0 Å². The third-order valence-corrected chi connectivity index (χ3v) is 6.11. The number of aromatic nitrogens is 5. The van der Waals surface area contributed by atoms with Crippen molar-refractivity contribution in [3.63, 3.8) is 0 Å². The highest BCUT2D eigenvalue weighted by molar-refractivity contribution is 5.84. The van der Waals surface area contributed by atoms with Crippen molar-refractivity contribution in [2.45, 2.75) is 38.1 Å². The van der Waals surface area contributed by atoms with E-state index >= 15 is 0 Å². The van der Waals surface area contributed by atoms with E-state index in [2.05, 4.69) is 15.3 Å². The number of imidazole rings is 1. The van der Waals surface area contributed by atoms with Gasteiger partial charge in [-0.15, -0.1) is 0 Å². The second-order valence-electron chi connectivity index (χ2n) is 8.50. The van der Waals surface area contributed by atoms with Crippen LogP contribution in [0.15, 0.2) is 55.1 Å². The van der Waals surface area contributed by atoms with Gasteiger partial charge in [0.05, 0.1) is 31.1 Å². The van der Waals surface area contributed by atoms with Gasteiger partial charge in [0.25, 0.3) is 0 Å². The molecular formula is C24H24F3N7O. The number of halogens is 3. The molecule has 5 rings (SSSR count). The van der Waals surface area contributed by atoms with Crippen LogP contribution in [-0.4, -0.2) is 48.8 Å². The Morgan fingerprint density at radius 1 is 1.09 bits per heavy atom. The molecule has 2 N–H and O–H groups in total. The zero-order valence-corrected chi connectivity index (χ0v) is 18.8. The zero-order chi connectivity index (χ0) is 24.4. The first kappa shape index (κ1) is 23.0. The lowest BCUT2D eigenvalue weighted by Crippen LogP contribution is -2.33. The van der Waals surface area contributed by atoms with E-state index < -0.39 is 11.7 Å². The van der Waals surface area contributed by atoms with Crippen molar-refractivity contribution in [1.82, 2.24) is 24.5 Å². The maximum atomic E-state index is 12.9. The van der Waals surface area contributed by atoms with E-state index in [9.17, 15) is 18.3 Å². The molecule has 1 aromatic carbocycles. The van der Waals surface area contributed by atoms with Crippen molar-refractivity contribution in [3.05, 3.63) is 71.8 Å². The monoisotopic (exact) mass is 483 g/mol. The Morgan fingerprint density at radius 3 is 2.63 bits per heavy atom. The Labute approximate surface area is 199 Å². The number of hydrogen-bond donors (Lipinski definition) is 2. The van der Waals surface area contributed by atoms with Gasteiger partial charge in [-0.1, -0.05) is 18.2 Å². The molecule has 1 fully saturated rings. The van der Waals surface area contributed by atoms with Gasteiger partial charge < -0.3 is 19.9 Å². The molecule has 4 heterocycles. The minimum Gasteiger partial charge on any atom is -0.394 e. The molecule has 1 saturated heterocycles. The van der Waals surface area contributed by atoms with Crippen LogP contribution in [0.1, 0.15) is 29.5 Å². The number of fused-ring (bicyclic) bond motifs is 1. The number of aliphatic hydroxyl groups excluding tert-OH is 1. The highest BCUT2D eigenvalue weighted by Crippen LogP contribution is 2.30. The minimum absolute atomic E-state index is 0.00462. The Balaban J connectivity index is 1.50. The smallest absolute Gasteiger partial charge is 0.394 e. The summed E-state index contributed by atoms with van der Waals surface area (Å²) in [6.45, 7) is 1.52. The molecule has 8 nitrogen and oxygen atoms in total. The Bertz CT molecular complexity index is 1290. The molecule has 35 heavy (non-hydrogen) atoms. The first-order chi connectivity index (χ1) is 16.9. The number of nitrogens with one attached hydrogen (secondary N) is 1. The summed E-state index contributed by atoms with van der Waals surface area (Å²) in [6.07, 6.45) is 2.48. The zero-order valence-electron chi connectivity index (χ0n) is 18.8. The van der Waals surface area contributed by atoms with Crippen LogP contribution in [0.3, 0.4) is 0 Å². The van der Waals surface area contributed by atoms with Crippen LogP contribution in [0.5, 0.6) is 0 Å². The van der Waals surface area contributed by atoms with Gasteiger partial charge in [-0.05, 0) is 42.2 Å². The van der Waals surface area contributed by atoms with Gasteiger partial charge in [0, 0.05) is 25.5 Å². The number of rotatable bonds is 7. The average molecular weight is 483 g/mol. The Morgan fingerprint density at radius 2 is 1.91 bits per heavy atom. The first-order valence-corrected chi connectivity index (χ1v) is 11.3. The highest BCUT2D eigenvalue weighted by atomic mass is 19.4. The molecule has 1 atom stereocenters. The van der Waals surface area contributed by atoms with Gasteiger partial charge in [-0.2, -0.15) is 23.1 Å². The van der Waals surface area contributed by atoms with Crippen LogP contribution in [0.25, 0.3) is 11.2 Å². The van der Waals surface area contributed by atoms with Crippen molar-refractivity contribution in [3.8, 4) is 0 Å². The second-order valence-corrected chi connectivity index (χ2v) is 8.50. The molecule has 0 spiro atoms. The number of hydrogen-bond acceptors (Lipinski definition) is 7. The molecule has 0 saturated carbocycles. The van der Waals surface area contributed by atoms with Gasteiger partial charge in [-0.3, -0.25) is 4.98 Å². The second kappa shape index (κ2) is 9.49. The van der Waals surface area contributed by atoms with E-state index in [1.807, 2.05) is 17.0 Å². The van der Waals surface area contributed by atoms with E-state index in [-0.39, 0.29) is 12.6 Å². The summed E-state index contributed by atoms with van der Waals surface area (Å²) in [7, 11) is 0. The van der Waals surface area contributed by atoms with Crippen molar-refractivity contribution in [2.24, 2.45) is 0 Å². The summed E-state index contributed by atoms with van der Waals surface area (Å²) in [4.78, 5) is 20.1. The molecule has 0 bridgehead atoms. The lowest BCUT2D eigenvalue weighted by molar-refractivity contribution is -0.137. The van der Waals surface area contributed by atoms with Crippen LogP contribution in [-0.2, 0) is 19.3 Å². The van der Waals surface area contributed by atoms with Crippen LogP contribution < -0.4 is 10.2 Å². The van der Waals surface area contributed by atoms with E-state index in [0.29, 0.717) is 41.6 Å². The summed E-state index contributed by atoms with van der Waals surface area (Å²) < 4.78 is 40.6. The topological polar surface area (TPSA) is 92.0 Å². The summed E-state index contributed by atoms with van der Waals surface area (Å²) >= 11 is 0. The van der Waals surface area contributed by atoms with E-state index in [1.165, 1.54) is 12.1 Å². The molecule has 4 aromatic rings. The van der Waals surface area contributed by atoms with E-state index in [0.717, 1.165) is 37.1 Å². The summed E-state index contributed by atoms with van der Waals surface area (Å²) in [6, 6.07) is 8.81. The predicted octanol–water partition coefficient (Wildman–Crippen LogP) is 3.86. The van der Waals surface area contributed by atoms with Gasteiger partial charge in [0.1, 0.15) is 0 Å². The number of nitrogens with zero attached hydrogens (tertiary/aromatic N) is 6. The highest BCUT2D eigenvalue weighted by Gasteiger charge is 2.30. The Hall–Kier alpha value is -3.73. The molecule has 0 aliphatic carbocycles. The van der Waals surface area contributed by atoms with Crippen LogP contribution >= 0.6 is 0 Å². The number of benzene rings is 1. The van der Waals surface area contributed by atoms with E-state index in [1.54, 1.807) is 23.3 Å². The number of pyridine rings is 1. The molecule has 0 radical (unpaired) electrons. The molecule has 11 heteroatoms. The summed E-state index contributed by atoms with van der Waals surface area (Å²) in [5, 5.41) is 13.1. The van der Waals surface area contributed by atoms with Crippen molar-refractivity contribution < 1.29 is 18.3 Å². The SMILES string of the molecule is OCC1CCCN1c1nc(NCc2cccnc2)c2ncn(Cc3ccc(C(F)(F)F)cc3)c2n1. The summed E-state index contributed by atoms with van der Waals surface area (Å²) in [5.41, 5.74) is 2.10. The standard InChI is InChI=1S/C24H24F3N7O/c25-24(26,27)18-7-5-16(6-8-18)13-33-15-30-20-21(29-12-17-3-1-9-28-11-17)31-23(32-22(20)33)34-10-2-4-19(34)14-35/h1,3,5-9,11,15,19,35H,2,4,10,12-14H2,(H,29,31,32). The van der Waals surface area contributed by atoms with Crippen molar-refractivity contribution in [1.29, 1.82) is 0 Å². The number of aliphatic hydroxyl groups is 1. The van der Waals surface area contributed by atoms with Crippen molar-refractivity contribution >= 4 is 22.9 Å². The van der Waals surface area contributed by atoms with Crippen LogP contribution in [0, 0.1) is 0 Å². The minimum atomic E-state index is -4.38. The molecule has 1 unspecified atom stereocenters. The molecule has 0 amide bonds. The lowest BCUT2D eigenvalue weighted by Gasteiger charge is -2.23. The van der Waals surface area contributed by atoms with Gasteiger partial charge in [0.15, 0.2) is 17.0 Å². The number of anilines is 2. The fourth-order valence-electron chi connectivity index (χ4n) is 4.27.